The van der Waals surface area contributed by atoms with Crippen molar-refractivity contribution in [1.29, 1.82) is 0 Å². The van der Waals surface area contributed by atoms with E-state index in [1.807, 2.05) is 18.5 Å². The van der Waals surface area contributed by atoms with E-state index in [0.29, 0.717) is 5.56 Å². The Morgan fingerprint density at radius 1 is 1.56 bits per heavy atom. The van der Waals surface area contributed by atoms with E-state index in [1.54, 1.807) is 23.6 Å². The first-order chi connectivity index (χ1) is 7.72. The zero-order valence-electron chi connectivity index (χ0n) is 8.58. The Kier molecular flexibility index (Phi) is 3.68. The van der Waals surface area contributed by atoms with Crippen LogP contribution in [-0.4, -0.2) is 12.0 Å². The summed E-state index contributed by atoms with van der Waals surface area (Å²) < 4.78 is 14.6. The van der Waals surface area contributed by atoms with E-state index in [0.717, 1.165) is 9.35 Å². The maximum atomic E-state index is 13.6. The van der Waals surface area contributed by atoms with Crippen molar-refractivity contribution in [2.24, 2.45) is 0 Å². The first-order valence-corrected chi connectivity index (χ1v) is 6.40. The van der Waals surface area contributed by atoms with Gasteiger partial charge in [-0.05, 0) is 35.1 Å². The normalized spacial score (nSPS) is 12.7. The van der Waals surface area contributed by atoms with E-state index in [9.17, 15) is 4.39 Å². The molecule has 0 aliphatic carbocycles. The van der Waals surface area contributed by atoms with Crippen molar-refractivity contribution in [2.45, 2.75) is 6.04 Å². The van der Waals surface area contributed by atoms with Crippen LogP contribution in [0.3, 0.4) is 0 Å². The molecule has 1 unspecified atom stereocenters. The molecule has 5 heteroatoms. The first-order valence-electron chi connectivity index (χ1n) is 4.73. The maximum Gasteiger partial charge on any atom is 0.146 e. The summed E-state index contributed by atoms with van der Waals surface area (Å²) in [6, 6.07) is 3.56. The largest absolute Gasteiger partial charge is 0.309 e. The van der Waals surface area contributed by atoms with Crippen molar-refractivity contribution in [3.63, 3.8) is 0 Å². The molecule has 2 aromatic rings. The Labute approximate surface area is 106 Å². The fraction of sp³-hybridized carbons (Fsp3) is 0.182. The van der Waals surface area contributed by atoms with Crippen molar-refractivity contribution < 1.29 is 4.39 Å². The molecule has 0 radical (unpaired) electrons. The number of nitrogens with zero attached hydrogens (tertiary/aromatic N) is 1. The van der Waals surface area contributed by atoms with Gasteiger partial charge in [-0.15, -0.1) is 11.3 Å². The minimum absolute atomic E-state index is 0.126. The van der Waals surface area contributed by atoms with Crippen LogP contribution in [0.15, 0.2) is 34.4 Å². The van der Waals surface area contributed by atoms with Crippen LogP contribution in [0.1, 0.15) is 16.5 Å². The van der Waals surface area contributed by atoms with Gasteiger partial charge in [-0.1, -0.05) is 0 Å². The molecule has 2 nitrogen and oxygen atoms in total. The van der Waals surface area contributed by atoms with Gasteiger partial charge in [0.1, 0.15) is 5.82 Å². The van der Waals surface area contributed by atoms with Gasteiger partial charge in [0.25, 0.3) is 0 Å². The molecular weight excluding hydrogens is 291 g/mol. The molecule has 0 bridgehead atoms. The van der Waals surface area contributed by atoms with Gasteiger partial charge in [-0.2, -0.15) is 0 Å². The number of rotatable bonds is 3. The number of aromatic nitrogens is 1. The lowest BCUT2D eigenvalue weighted by molar-refractivity contribution is 0.573. The van der Waals surface area contributed by atoms with Gasteiger partial charge in [-0.3, -0.25) is 4.98 Å². The number of thiophene rings is 1. The Hall–Kier alpha value is -0.780. The van der Waals surface area contributed by atoms with Crippen LogP contribution < -0.4 is 5.32 Å². The lowest BCUT2D eigenvalue weighted by atomic mass is 10.1. The standard InChI is InChI=1S/C11H10BrFN2S/c1-14-11(10-4-7(12)6-16-10)8-2-3-15-5-9(8)13/h2-6,11,14H,1H3. The van der Waals surface area contributed by atoms with Crippen LogP contribution in [0.2, 0.25) is 0 Å². The van der Waals surface area contributed by atoms with Gasteiger partial charge in [0, 0.05) is 26.5 Å². The Bertz CT molecular complexity index is 486. The summed E-state index contributed by atoms with van der Waals surface area (Å²) in [5.74, 6) is -0.286. The zero-order chi connectivity index (χ0) is 11.5. The fourth-order valence-corrected chi connectivity index (χ4v) is 3.12. The molecule has 0 aliphatic heterocycles. The topological polar surface area (TPSA) is 24.9 Å². The van der Waals surface area contributed by atoms with Crippen LogP contribution in [0.25, 0.3) is 0 Å². The molecule has 1 N–H and O–H groups in total. The summed E-state index contributed by atoms with van der Waals surface area (Å²) in [6.45, 7) is 0. The van der Waals surface area contributed by atoms with Crippen LogP contribution in [0.5, 0.6) is 0 Å². The Morgan fingerprint density at radius 2 is 2.38 bits per heavy atom. The number of hydrogen-bond acceptors (Lipinski definition) is 3. The smallest absolute Gasteiger partial charge is 0.146 e. The second-order valence-electron chi connectivity index (χ2n) is 3.29. The lowest BCUT2D eigenvalue weighted by Crippen LogP contribution is -2.17. The zero-order valence-corrected chi connectivity index (χ0v) is 11.0. The van der Waals surface area contributed by atoms with Gasteiger partial charge in [0.2, 0.25) is 0 Å². The Balaban J connectivity index is 2.40. The minimum Gasteiger partial charge on any atom is -0.309 e. The molecule has 0 amide bonds. The molecular formula is C11H10BrFN2S. The van der Waals surface area contributed by atoms with E-state index in [2.05, 4.69) is 26.2 Å². The highest BCUT2D eigenvalue weighted by Crippen LogP contribution is 2.30. The summed E-state index contributed by atoms with van der Waals surface area (Å²) in [6.07, 6.45) is 2.84. The number of halogens is 2. The summed E-state index contributed by atoms with van der Waals surface area (Å²) in [4.78, 5) is 4.82. The number of pyridine rings is 1. The van der Waals surface area contributed by atoms with Gasteiger partial charge in [0.15, 0.2) is 0 Å². The number of hydrogen-bond donors (Lipinski definition) is 1. The molecule has 2 aromatic heterocycles. The van der Waals surface area contributed by atoms with E-state index in [-0.39, 0.29) is 11.9 Å². The van der Waals surface area contributed by atoms with Crippen LogP contribution in [0.4, 0.5) is 4.39 Å². The highest BCUT2D eigenvalue weighted by atomic mass is 79.9. The molecule has 2 rings (SSSR count). The van der Waals surface area contributed by atoms with Gasteiger partial charge >= 0.3 is 0 Å². The predicted molar refractivity (Wildman–Crippen MR) is 67.1 cm³/mol. The molecule has 84 valence electrons. The minimum atomic E-state index is -0.286. The SMILES string of the molecule is CNC(c1cc(Br)cs1)c1ccncc1F. The predicted octanol–water partition coefficient (Wildman–Crippen LogP) is 3.35. The highest BCUT2D eigenvalue weighted by Gasteiger charge is 2.17. The summed E-state index contributed by atoms with van der Waals surface area (Å²) in [7, 11) is 1.82. The molecule has 1 atom stereocenters. The van der Waals surface area contributed by atoms with E-state index in [4.69, 9.17) is 0 Å². The van der Waals surface area contributed by atoms with Crippen molar-refractivity contribution in [3.05, 3.63) is 50.6 Å². The molecule has 2 heterocycles. The van der Waals surface area contributed by atoms with E-state index < -0.39 is 0 Å². The third-order valence-corrected chi connectivity index (χ3v) is 4.03. The molecule has 16 heavy (non-hydrogen) atoms. The van der Waals surface area contributed by atoms with Crippen molar-refractivity contribution >= 4 is 27.3 Å². The van der Waals surface area contributed by atoms with Crippen LogP contribution in [-0.2, 0) is 0 Å². The van der Waals surface area contributed by atoms with Crippen LogP contribution in [0, 0.1) is 5.82 Å². The van der Waals surface area contributed by atoms with Gasteiger partial charge in [-0.25, -0.2) is 4.39 Å². The summed E-state index contributed by atoms with van der Waals surface area (Å²) in [5.41, 5.74) is 0.617. The molecule has 0 saturated heterocycles. The third kappa shape index (κ3) is 2.31. The second-order valence-corrected chi connectivity index (χ2v) is 5.14. The fourth-order valence-electron chi connectivity index (χ4n) is 1.55. The molecule has 0 aliphatic rings. The van der Waals surface area contributed by atoms with Gasteiger partial charge in [0.05, 0.1) is 12.2 Å². The monoisotopic (exact) mass is 300 g/mol. The summed E-state index contributed by atoms with van der Waals surface area (Å²) >= 11 is 4.99. The second kappa shape index (κ2) is 5.03. The molecule has 0 fully saturated rings. The first kappa shape index (κ1) is 11.7. The average Bonchev–Trinajstić information content (AvgIpc) is 2.69. The van der Waals surface area contributed by atoms with Crippen molar-refractivity contribution in [1.82, 2.24) is 10.3 Å². The summed E-state index contributed by atoms with van der Waals surface area (Å²) in [5, 5.41) is 5.10. The lowest BCUT2D eigenvalue weighted by Gasteiger charge is -2.15. The van der Waals surface area contributed by atoms with E-state index in [1.165, 1.54) is 6.20 Å². The van der Waals surface area contributed by atoms with E-state index >= 15 is 0 Å². The van der Waals surface area contributed by atoms with Crippen molar-refractivity contribution in [3.8, 4) is 0 Å². The maximum absolute atomic E-state index is 13.6. The van der Waals surface area contributed by atoms with Crippen LogP contribution >= 0.6 is 27.3 Å². The van der Waals surface area contributed by atoms with Gasteiger partial charge < -0.3 is 5.32 Å². The third-order valence-electron chi connectivity index (χ3n) is 2.28. The molecule has 0 aromatic carbocycles. The average molecular weight is 301 g/mol. The quantitative estimate of drug-likeness (QED) is 0.940. The highest BCUT2D eigenvalue weighted by molar-refractivity contribution is 9.10. The van der Waals surface area contributed by atoms with Crippen molar-refractivity contribution in [2.75, 3.05) is 7.05 Å². The number of nitrogens with one attached hydrogen (secondary N) is 1. The molecule has 0 spiro atoms. The Morgan fingerprint density at radius 3 is 2.94 bits per heavy atom. The molecule has 0 saturated carbocycles.